The zero-order valence-electron chi connectivity index (χ0n) is 25.9. The minimum Gasteiger partial charge on any atom is -0.463 e. The summed E-state index contributed by atoms with van der Waals surface area (Å²) in [7, 11) is 0. The smallest absolute Gasteiger partial charge is 0.293 e. The van der Waals surface area contributed by atoms with Crippen molar-refractivity contribution in [2.45, 2.75) is 101 Å². The van der Waals surface area contributed by atoms with Crippen LogP contribution in [-0.2, 0) is 22.6 Å². The normalized spacial score (nSPS) is 11.6. The van der Waals surface area contributed by atoms with Gasteiger partial charge < -0.3 is 14.6 Å². The third-order valence-electron chi connectivity index (χ3n) is 5.12. The van der Waals surface area contributed by atoms with Crippen LogP contribution in [0.5, 0.6) is 0 Å². The molecule has 0 saturated carbocycles. The molecule has 3 aromatic rings. The van der Waals surface area contributed by atoms with Crippen LogP contribution in [-0.4, -0.2) is 29.7 Å². The Bertz CT molecular complexity index is 861. The first kappa shape index (κ1) is 38.2. The van der Waals surface area contributed by atoms with Crippen LogP contribution < -0.4 is 5.32 Å². The van der Waals surface area contributed by atoms with E-state index in [0.29, 0.717) is 19.0 Å². The average Bonchev–Trinajstić information content (AvgIpc) is 3.51. The van der Waals surface area contributed by atoms with Crippen LogP contribution in [0.25, 0.3) is 11.5 Å². The van der Waals surface area contributed by atoms with E-state index in [1.165, 1.54) is 45.2 Å². The van der Waals surface area contributed by atoms with Gasteiger partial charge in [0.05, 0.1) is 0 Å². The van der Waals surface area contributed by atoms with Crippen LogP contribution in [0.4, 0.5) is 0 Å². The fraction of sp³-hybridized carbons (Fsp3) is 0.545. The summed E-state index contributed by atoms with van der Waals surface area (Å²) in [6.07, 6.45) is 7.68. The van der Waals surface area contributed by atoms with Crippen molar-refractivity contribution in [2.24, 2.45) is 5.92 Å². The van der Waals surface area contributed by atoms with Crippen molar-refractivity contribution >= 4 is 6.47 Å². The molecule has 0 atom stereocenters. The number of benzene rings is 2. The van der Waals surface area contributed by atoms with Crippen LogP contribution in [0, 0.1) is 5.92 Å². The molecule has 0 bridgehead atoms. The number of aryl methyl sites for hydroxylation is 1. The summed E-state index contributed by atoms with van der Waals surface area (Å²) in [5, 5.41) is 7.20. The first-order chi connectivity index (χ1) is 19.2. The maximum Gasteiger partial charge on any atom is 0.293 e. The molecule has 2 aromatic carbocycles. The van der Waals surface area contributed by atoms with Gasteiger partial charge in [0.1, 0.15) is 6.61 Å². The molecule has 0 radical (unpaired) electrons. The number of nitrogens with one attached hydrogen (secondary N) is 1. The second-order valence-electron chi connectivity index (χ2n) is 8.32. The van der Waals surface area contributed by atoms with Crippen molar-refractivity contribution in [1.29, 1.82) is 0 Å². The molecule has 0 amide bonds. The zero-order chi connectivity index (χ0) is 29.6. The number of rotatable bonds is 7. The molecule has 0 aliphatic carbocycles. The molecule has 0 spiro atoms. The molecule has 0 unspecified atom stereocenters. The summed E-state index contributed by atoms with van der Waals surface area (Å²) in [6, 6.07) is 19.3. The van der Waals surface area contributed by atoms with Crippen LogP contribution in [0.1, 0.15) is 98.9 Å². The molecular weight excluding hydrogens is 486 g/mol. The highest BCUT2D eigenvalue weighted by atomic mass is 16.5. The number of ether oxygens (including phenoxy) is 1. The maximum atomic E-state index is 9.76. The van der Waals surface area contributed by atoms with E-state index in [1.807, 2.05) is 95.3 Å². The summed E-state index contributed by atoms with van der Waals surface area (Å²) < 4.78 is 9.62. The Labute approximate surface area is 239 Å². The van der Waals surface area contributed by atoms with E-state index in [9.17, 15) is 4.79 Å². The maximum absolute atomic E-state index is 9.76. The van der Waals surface area contributed by atoms with Gasteiger partial charge in [-0.05, 0) is 49.5 Å². The van der Waals surface area contributed by atoms with Gasteiger partial charge in [0.15, 0.2) is 5.82 Å². The zero-order valence-corrected chi connectivity index (χ0v) is 25.9. The van der Waals surface area contributed by atoms with E-state index in [0.717, 1.165) is 29.3 Å². The first-order valence-electron chi connectivity index (χ1n) is 14.9. The predicted molar refractivity (Wildman–Crippen MR) is 166 cm³/mol. The second kappa shape index (κ2) is 29.6. The molecule has 1 N–H and O–H groups in total. The Kier molecular flexibility index (Phi) is 28.9. The van der Waals surface area contributed by atoms with Gasteiger partial charge in [-0.25, -0.2) is 0 Å². The Morgan fingerprint density at radius 1 is 0.897 bits per heavy atom. The summed E-state index contributed by atoms with van der Waals surface area (Å²) in [5.41, 5.74) is 1.98. The van der Waals surface area contributed by atoms with Crippen molar-refractivity contribution in [2.75, 3.05) is 13.1 Å². The average molecular weight is 542 g/mol. The molecule has 39 heavy (non-hydrogen) atoms. The lowest BCUT2D eigenvalue weighted by molar-refractivity contribution is -0.129. The first-order valence-corrected chi connectivity index (χ1v) is 14.9. The van der Waals surface area contributed by atoms with Crippen molar-refractivity contribution in [1.82, 2.24) is 15.5 Å². The third kappa shape index (κ3) is 20.6. The van der Waals surface area contributed by atoms with E-state index >= 15 is 0 Å². The minimum atomic E-state index is 0.365. The Balaban J connectivity index is 0. The molecule has 4 rings (SSSR count). The summed E-state index contributed by atoms with van der Waals surface area (Å²) >= 11 is 0. The second-order valence-corrected chi connectivity index (χ2v) is 8.32. The van der Waals surface area contributed by atoms with Crippen molar-refractivity contribution in [3.63, 3.8) is 0 Å². The van der Waals surface area contributed by atoms with Crippen LogP contribution in [0.15, 0.2) is 65.2 Å². The lowest BCUT2D eigenvalue weighted by atomic mass is 9.94. The van der Waals surface area contributed by atoms with Crippen molar-refractivity contribution in [3.05, 3.63) is 72.1 Å². The lowest BCUT2D eigenvalue weighted by Gasteiger charge is -2.21. The predicted octanol–water partition coefficient (Wildman–Crippen LogP) is 8.91. The van der Waals surface area contributed by atoms with Crippen LogP contribution in [0.3, 0.4) is 0 Å². The van der Waals surface area contributed by atoms with Gasteiger partial charge in [0.2, 0.25) is 0 Å². The van der Waals surface area contributed by atoms with Crippen LogP contribution in [0.2, 0.25) is 0 Å². The summed E-state index contributed by atoms with van der Waals surface area (Å²) in [4.78, 5) is 14.0. The van der Waals surface area contributed by atoms with E-state index in [4.69, 9.17) is 4.52 Å². The lowest BCUT2D eigenvalue weighted by Crippen LogP contribution is -2.27. The molecule has 1 aliphatic rings. The molecule has 2 heterocycles. The SMILES string of the molecule is CC.CC.CCC.CCCC1CCNCC1.CCc1noc(-c2ccccc2)n1.O=COCc1ccccc1. The minimum absolute atomic E-state index is 0.365. The molecule has 1 aromatic heterocycles. The van der Waals surface area contributed by atoms with Crippen LogP contribution >= 0.6 is 0 Å². The van der Waals surface area contributed by atoms with Gasteiger partial charge in [0.25, 0.3) is 12.4 Å². The van der Waals surface area contributed by atoms with E-state index in [-0.39, 0.29) is 0 Å². The van der Waals surface area contributed by atoms with Gasteiger partial charge in [-0.15, -0.1) is 0 Å². The number of hydrogen-bond donors (Lipinski definition) is 1. The van der Waals surface area contributed by atoms with Gasteiger partial charge in [-0.2, -0.15) is 4.98 Å². The number of aromatic nitrogens is 2. The molecule has 1 saturated heterocycles. The van der Waals surface area contributed by atoms with Gasteiger partial charge >= 0.3 is 0 Å². The fourth-order valence-corrected chi connectivity index (χ4v) is 3.38. The number of piperidine rings is 1. The Hall–Kier alpha value is -2.99. The molecule has 1 aliphatic heterocycles. The topological polar surface area (TPSA) is 77.3 Å². The molecular formula is C33H55N3O3. The largest absolute Gasteiger partial charge is 0.463 e. The molecule has 220 valence electrons. The van der Waals surface area contributed by atoms with Gasteiger partial charge in [-0.3, -0.25) is 4.79 Å². The molecule has 6 nitrogen and oxygen atoms in total. The monoisotopic (exact) mass is 541 g/mol. The van der Waals surface area contributed by atoms with Crippen molar-refractivity contribution < 1.29 is 14.1 Å². The number of carbonyl (C=O) groups excluding carboxylic acids is 1. The highest BCUT2D eigenvalue weighted by Gasteiger charge is 2.10. The fourth-order valence-electron chi connectivity index (χ4n) is 3.38. The highest BCUT2D eigenvalue weighted by Crippen LogP contribution is 2.17. The van der Waals surface area contributed by atoms with E-state index < -0.39 is 0 Å². The van der Waals surface area contributed by atoms with Crippen molar-refractivity contribution in [3.8, 4) is 11.5 Å². The summed E-state index contributed by atoms with van der Waals surface area (Å²) in [6.45, 7) is 19.9. The number of nitrogens with zero attached hydrogens (tertiary/aromatic N) is 2. The Morgan fingerprint density at radius 2 is 1.44 bits per heavy atom. The van der Waals surface area contributed by atoms with E-state index in [2.05, 4.69) is 41.0 Å². The quantitative estimate of drug-likeness (QED) is 0.301. The third-order valence-corrected chi connectivity index (χ3v) is 5.12. The Morgan fingerprint density at radius 3 is 1.90 bits per heavy atom. The van der Waals surface area contributed by atoms with E-state index in [1.54, 1.807) is 0 Å². The van der Waals surface area contributed by atoms with Gasteiger partial charge in [0, 0.05) is 12.0 Å². The summed E-state index contributed by atoms with van der Waals surface area (Å²) in [5.74, 6) is 2.38. The molecule has 1 fully saturated rings. The highest BCUT2D eigenvalue weighted by molar-refractivity contribution is 5.51. The molecule has 6 heteroatoms. The number of carbonyl (C=O) groups is 1. The number of hydrogen-bond acceptors (Lipinski definition) is 6. The standard InChI is InChI=1S/C10H10N2O.C8H17N.C8H8O2.C3H8.2C2H6/c1-2-9-11-10(13-12-9)8-6-4-3-5-7-8;1-2-3-8-4-6-9-7-5-8;9-7-10-6-8-4-2-1-3-5-8;1-3-2;2*1-2/h3-7H,2H2,1H3;8-9H,2-7H2,1H3;1-5,7H,6H2;3H2,1-2H3;2*1-2H3. The van der Waals surface area contributed by atoms with Gasteiger partial charge in [-0.1, -0.05) is 128 Å².